The molecule has 0 spiro atoms. The molecule has 2 aromatic rings. The number of imide groups is 1. The fraction of sp³-hybridized carbons (Fsp3) is 0.300. The van der Waals surface area contributed by atoms with E-state index in [-0.39, 0.29) is 11.5 Å². The first-order valence-electron chi connectivity index (χ1n) is 8.81. The second-order valence-corrected chi connectivity index (χ2v) is 7.79. The molecule has 1 aromatic heterocycles. The van der Waals surface area contributed by atoms with Crippen molar-refractivity contribution in [2.75, 3.05) is 17.2 Å². The summed E-state index contributed by atoms with van der Waals surface area (Å²) < 4.78 is 5.02. The molecule has 0 saturated carbocycles. The summed E-state index contributed by atoms with van der Waals surface area (Å²) in [7, 11) is 0. The summed E-state index contributed by atoms with van der Waals surface area (Å²) in [5, 5.41) is 7.64. The van der Waals surface area contributed by atoms with Crippen molar-refractivity contribution >= 4 is 45.8 Å². The van der Waals surface area contributed by atoms with E-state index in [1.165, 1.54) is 18.3 Å². The average molecular weight is 417 g/mol. The van der Waals surface area contributed by atoms with E-state index >= 15 is 0 Å². The Labute approximate surface area is 172 Å². The third-order valence-corrected chi connectivity index (χ3v) is 5.22. The van der Waals surface area contributed by atoms with Crippen molar-refractivity contribution in [1.29, 1.82) is 0 Å². The van der Waals surface area contributed by atoms with Crippen molar-refractivity contribution in [1.82, 2.24) is 5.32 Å². The van der Waals surface area contributed by atoms with Gasteiger partial charge in [0.05, 0.1) is 5.56 Å². The van der Waals surface area contributed by atoms with Crippen molar-refractivity contribution in [3.8, 4) is 0 Å². The lowest BCUT2D eigenvalue weighted by molar-refractivity contribution is -0.123. The van der Waals surface area contributed by atoms with Crippen LogP contribution in [0.25, 0.3) is 0 Å². The van der Waals surface area contributed by atoms with Crippen LogP contribution in [-0.4, -0.2) is 30.4 Å². The monoisotopic (exact) mass is 417 g/mol. The Hall–Kier alpha value is -3.20. The second kappa shape index (κ2) is 9.33. The molecule has 29 heavy (non-hydrogen) atoms. The number of benzene rings is 1. The van der Waals surface area contributed by atoms with Gasteiger partial charge in [-0.05, 0) is 44.9 Å². The van der Waals surface area contributed by atoms with E-state index in [2.05, 4.69) is 16.0 Å². The molecule has 0 bridgehead atoms. The highest BCUT2D eigenvalue weighted by Crippen LogP contribution is 2.32. The van der Waals surface area contributed by atoms with Crippen LogP contribution in [0.1, 0.15) is 38.8 Å². The van der Waals surface area contributed by atoms with Crippen LogP contribution in [0, 0.1) is 27.7 Å². The minimum atomic E-state index is -0.772. The summed E-state index contributed by atoms with van der Waals surface area (Å²) in [5.41, 5.74) is 3.34. The zero-order chi connectivity index (χ0) is 21.7. The predicted molar refractivity (Wildman–Crippen MR) is 111 cm³/mol. The molecule has 0 unspecified atom stereocenters. The fourth-order valence-electron chi connectivity index (χ4n) is 2.59. The van der Waals surface area contributed by atoms with Crippen LogP contribution < -0.4 is 16.0 Å². The lowest BCUT2D eigenvalue weighted by atomic mass is 10.1. The molecule has 2 rings (SSSR count). The number of rotatable bonds is 5. The number of carbonyl (C=O) groups is 4. The Morgan fingerprint density at radius 1 is 1.03 bits per heavy atom. The first-order chi connectivity index (χ1) is 13.6. The third-order valence-electron chi connectivity index (χ3n) is 4.10. The highest BCUT2D eigenvalue weighted by molar-refractivity contribution is 7.16. The molecule has 0 aliphatic carbocycles. The number of esters is 1. The number of thiophene rings is 1. The molecule has 4 amide bonds. The summed E-state index contributed by atoms with van der Waals surface area (Å²) in [6, 6.07) is 4.75. The van der Waals surface area contributed by atoms with Gasteiger partial charge < -0.3 is 15.4 Å². The highest BCUT2D eigenvalue weighted by atomic mass is 32.1. The lowest BCUT2D eigenvalue weighted by Crippen LogP contribution is -2.37. The number of urea groups is 1. The maximum atomic E-state index is 12.4. The van der Waals surface area contributed by atoms with E-state index in [0.717, 1.165) is 16.0 Å². The maximum absolute atomic E-state index is 12.4. The van der Waals surface area contributed by atoms with Gasteiger partial charge in [0.15, 0.2) is 6.61 Å². The Balaban J connectivity index is 1.94. The van der Waals surface area contributed by atoms with Crippen LogP contribution in [0.4, 0.5) is 15.5 Å². The van der Waals surface area contributed by atoms with Gasteiger partial charge in [0.2, 0.25) is 5.91 Å². The van der Waals surface area contributed by atoms with Crippen LogP contribution in [0.15, 0.2) is 18.2 Å². The predicted octanol–water partition coefficient (Wildman–Crippen LogP) is 3.45. The van der Waals surface area contributed by atoms with E-state index in [0.29, 0.717) is 16.3 Å². The quantitative estimate of drug-likeness (QED) is 0.645. The van der Waals surface area contributed by atoms with Crippen molar-refractivity contribution < 1.29 is 23.9 Å². The zero-order valence-electron chi connectivity index (χ0n) is 16.9. The van der Waals surface area contributed by atoms with Crippen LogP contribution in [0.2, 0.25) is 0 Å². The first-order valence-corrected chi connectivity index (χ1v) is 9.63. The second-order valence-electron chi connectivity index (χ2n) is 6.57. The number of nitrogens with one attached hydrogen (secondary N) is 3. The van der Waals surface area contributed by atoms with Gasteiger partial charge in [0.1, 0.15) is 5.00 Å². The molecule has 8 nitrogen and oxygen atoms in total. The topological polar surface area (TPSA) is 114 Å². The first kappa shape index (κ1) is 22.1. The Bertz CT molecular complexity index is 981. The summed E-state index contributed by atoms with van der Waals surface area (Å²) >= 11 is 1.25. The molecule has 0 fully saturated rings. The third kappa shape index (κ3) is 5.89. The van der Waals surface area contributed by atoms with E-state index in [4.69, 9.17) is 4.74 Å². The van der Waals surface area contributed by atoms with Gasteiger partial charge in [-0.2, -0.15) is 0 Å². The molecule has 0 radical (unpaired) electrons. The van der Waals surface area contributed by atoms with Crippen molar-refractivity contribution in [2.45, 2.75) is 34.6 Å². The Morgan fingerprint density at radius 3 is 2.34 bits per heavy atom. The minimum Gasteiger partial charge on any atom is -0.452 e. The maximum Gasteiger partial charge on any atom is 0.341 e. The van der Waals surface area contributed by atoms with E-state index in [1.807, 2.05) is 32.9 Å². The summed E-state index contributed by atoms with van der Waals surface area (Å²) in [5.74, 6) is -1.84. The largest absolute Gasteiger partial charge is 0.452 e. The molecule has 1 heterocycles. The fourth-order valence-corrected chi connectivity index (χ4v) is 3.69. The standard InChI is InChI=1S/C20H23N3O5S/c1-10-6-7-15(11(2)8-10)22-20(27)23-16(25)9-28-19(26)17-12(3)13(4)29-18(17)21-14(5)24/h6-8H,9H2,1-5H3,(H,21,24)(H2,22,23,25,27). The van der Waals surface area contributed by atoms with Crippen LogP contribution in [0.5, 0.6) is 0 Å². The molecule has 0 saturated heterocycles. The van der Waals surface area contributed by atoms with E-state index in [1.54, 1.807) is 13.0 Å². The lowest BCUT2D eigenvalue weighted by Gasteiger charge is -2.10. The Morgan fingerprint density at radius 2 is 1.72 bits per heavy atom. The summed E-state index contributed by atoms with van der Waals surface area (Å²) in [6.07, 6.45) is 0. The van der Waals surface area contributed by atoms with Gasteiger partial charge in [-0.1, -0.05) is 17.7 Å². The molecule has 154 valence electrons. The smallest absolute Gasteiger partial charge is 0.341 e. The summed E-state index contributed by atoms with van der Waals surface area (Å²) in [4.78, 5) is 48.5. The van der Waals surface area contributed by atoms with Gasteiger partial charge in [-0.15, -0.1) is 11.3 Å². The molecule has 0 aliphatic heterocycles. The number of amides is 4. The van der Waals surface area contributed by atoms with Crippen molar-refractivity contribution in [2.24, 2.45) is 0 Å². The number of aryl methyl sites for hydroxylation is 3. The molecule has 9 heteroatoms. The van der Waals surface area contributed by atoms with Crippen molar-refractivity contribution in [3.05, 3.63) is 45.3 Å². The number of anilines is 2. The normalized spacial score (nSPS) is 10.2. The van der Waals surface area contributed by atoms with Gasteiger partial charge in [0.25, 0.3) is 5.91 Å². The highest BCUT2D eigenvalue weighted by Gasteiger charge is 2.22. The van der Waals surface area contributed by atoms with Crippen LogP contribution in [-0.2, 0) is 14.3 Å². The van der Waals surface area contributed by atoms with Crippen molar-refractivity contribution in [3.63, 3.8) is 0 Å². The van der Waals surface area contributed by atoms with Gasteiger partial charge >= 0.3 is 12.0 Å². The van der Waals surface area contributed by atoms with Crippen LogP contribution in [0.3, 0.4) is 0 Å². The van der Waals surface area contributed by atoms with Gasteiger partial charge in [-0.25, -0.2) is 9.59 Å². The van der Waals surface area contributed by atoms with E-state index in [9.17, 15) is 19.2 Å². The molecular formula is C20H23N3O5S. The Kier molecular flexibility index (Phi) is 7.11. The van der Waals surface area contributed by atoms with Crippen LogP contribution >= 0.6 is 11.3 Å². The number of ether oxygens (including phenoxy) is 1. The number of hydrogen-bond donors (Lipinski definition) is 3. The number of hydrogen-bond acceptors (Lipinski definition) is 6. The molecule has 0 aliphatic rings. The molecular weight excluding hydrogens is 394 g/mol. The van der Waals surface area contributed by atoms with E-state index < -0.39 is 24.5 Å². The molecule has 1 aromatic carbocycles. The average Bonchev–Trinajstić information content (AvgIpc) is 2.88. The summed E-state index contributed by atoms with van der Waals surface area (Å²) in [6.45, 7) is 8.01. The van der Waals surface area contributed by atoms with Gasteiger partial charge in [0, 0.05) is 17.5 Å². The molecule has 0 atom stereocenters. The minimum absolute atomic E-state index is 0.204. The zero-order valence-corrected chi connectivity index (χ0v) is 17.7. The SMILES string of the molecule is CC(=O)Nc1sc(C)c(C)c1C(=O)OCC(=O)NC(=O)Nc1ccc(C)cc1C. The number of carbonyl (C=O) groups excluding carboxylic acids is 4. The molecule has 3 N–H and O–H groups in total. The van der Waals surface area contributed by atoms with Gasteiger partial charge in [-0.3, -0.25) is 14.9 Å².